The number of aromatic amines is 1. The minimum atomic E-state index is -0.669. The highest BCUT2D eigenvalue weighted by atomic mass is 35.5. The van der Waals surface area contributed by atoms with Gasteiger partial charge in [0.05, 0.1) is 28.5 Å². The third-order valence-electron chi connectivity index (χ3n) is 7.42. The fourth-order valence-electron chi connectivity index (χ4n) is 5.57. The number of imidazole rings is 1. The molecule has 1 saturated carbocycles. The second-order valence-electron chi connectivity index (χ2n) is 9.64. The molecule has 0 radical (unpaired) electrons. The van der Waals surface area contributed by atoms with E-state index < -0.39 is 12.0 Å². The first kappa shape index (κ1) is 22.1. The molecule has 2 aromatic carbocycles. The molecule has 1 fully saturated rings. The summed E-state index contributed by atoms with van der Waals surface area (Å²) < 4.78 is 23.6. The van der Waals surface area contributed by atoms with E-state index in [-0.39, 0.29) is 28.9 Å². The van der Waals surface area contributed by atoms with Crippen molar-refractivity contribution in [3.05, 3.63) is 81.6 Å². The molecular formula is C25H16ClFN10O2. The Morgan fingerprint density at radius 2 is 2.05 bits per heavy atom. The molecule has 0 saturated heterocycles. The Bertz CT molecular complexity index is 2000. The summed E-state index contributed by atoms with van der Waals surface area (Å²) in [7, 11) is 0. The van der Waals surface area contributed by atoms with Crippen molar-refractivity contribution in [1.29, 1.82) is 0 Å². The lowest BCUT2D eigenvalue weighted by atomic mass is 10.1. The molecular weight excluding hydrogens is 527 g/mol. The van der Waals surface area contributed by atoms with Gasteiger partial charge in [-0.2, -0.15) is 9.07 Å². The second-order valence-corrected chi connectivity index (χ2v) is 10.1. The van der Waals surface area contributed by atoms with Crippen LogP contribution in [0.15, 0.2) is 58.1 Å². The van der Waals surface area contributed by atoms with Gasteiger partial charge in [-0.15, -0.1) is 5.10 Å². The first-order valence-corrected chi connectivity index (χ1v) is 12.4. The highest BCUT2D eigenvalue weighted by Gasteiger charge is 2.56. The number of nitrogens with one attached hydrogen (secondary N) is 1. The smallest absolute Gasteiger partial charge is 0.254 e. The van der Waals surface area contributed by atoms with E-state index in [1.807, 2.05) is 0 Å². The number of halogens is 2. The minimum Gasteiger partial charge on any atom is -0.380 e. The fraction of sp³-hybridized carbons (Fsp3) is 0.160. The summed E-state index contributed by atoms with van der Waals surface area (Å²) in [5, 5.41) is 16.2. The summed E-state index contributed by atoms with van der Waals surface area (Å²) >= 11 is 6.29. The number of benzene rings is 2. The topological polar surface area (TPSA) is 159 Å². The van der Waals surface area contributed by atoms with Crippen molar-refractivity contribution in [2.45, 2.75) is 18.4 Å². The molecule has 12 nitrogen and oxygen atoms in total. The molecule has 0 bridgehead atoms. The van der Waals surface area contributed by atoms with Gasteiger partial charge in [0.2, 0.25) is 5.95 Å². The molecule has 2 aliphatic rings. The van der Waals surface area contributed by atoms with Gasteiger partial charge in [-0.3, -0.25) is 9.36 Å². The van der Waals surface area contributed by atoms with Gasteiger partial charge in [0.25, 0.3) is 5.56 Å². The predicted molar refractivity (Wildman–Crippen MR) is 137 cm³/mol. The zero-order valence-corrected chi connectivity index (χ0v) is 20.5. The summed E-state index contributed by atoms with van der Waals surface area (Å²) in [6, 6.07) is 11.3. The zero-order chi connectivity index (χ0) is 26.4. The predicted octanol–water partition coefficient (Wildman–Crippen LogP) is 3.50. The normalized spacial score (nSPS) is 19.4. The van der Waals surface area contributed by atoms with Crippen molar-refractivity contribution in [3.63, 3.8) is 0 Å². The van der Waals surface area contributed by atoms with Crippen LogP contribution in [-0.4, -0.2) is 44.9 Å². The van der Waals surface area contributed by atoms with E-state index in [1.165, 1.54) is 17.1 Å². The molecule has 3 atom stereocenters. The number of anilines is 1. The summed E-state index contributed by atoms with van der Waals surface area (Å²) in [5.74, 6) is 0.574. The maximum atomic E-state index is 15.3. The number of tetrazole rings is 1. The van der Waals surface area contributed by atoms with Crippen LogP contribution in [0.5, 0.6) is 0 Å². The van der Waals surface area contributed by atoms with E-state index in [1.54, 1.807) is 41.0 Å². The van der Waals surface area contributed by atoms with E-state index in [9.17, 15) is 4.79 Å². The van der Waals surface area contributed by atoms with Crippen molar-refractivity contribution in [2.24, 2.45) is 5.92 Å². The Hall–Kier alpha value is -4.91. The van der Waals surface area contributed by atoms with Crippen LogP contribution >= 0.6 is 11.6 Å². The van der Waals surface area contributed by atoms with Gasteiger partial charge in [0.15, 0.2) is 11.4 Å². The maximum Gasteiger partial charge on any atom is 0.254 e. The molecule has 4 aromatic heterocycles. The number of nitrogens with two attached hydrogens (primary N) is 1. The number of aromatic nitrogens is 9. The largest absolute Gasteiger partial charge is 0.380 e. The summed E-state index contributed by atoms with van der Waals surface area (Å²) in [4.78, 5) is 25.6. The molecule has 192 valence electrons. The molecule has 39 heavy (non-hydrogen) atoms. The summed E-state index contributed by atoms with van der Waals surface area (Å²) in [6.45, 7) is 0. The van der Waals surface area contributed by atoms with Crippen LogP contribution in [0.2, 0.25) is 5.02 Å². The molecule has 1 aliphatic carbocycles. The van der Waals surface area contributed by atoms with Crippen LogP contribution in [0.3, 0.4) is 0 Å². The lowest BCUT2D eigenvalue weighted by Gasteiger charge is -2.17. The average Bonchev–Trinajstić information content (AvgIpc) is 3.29. The van der Waals surface area contributed by atoms with Crippen molar-refractivity contribution in [1.82, 2.24) is 44.9 Å². The fourth-order valence-corrected chi connectivity index (χ4v) is 5.74. The van der Waals surface area contributed by atoms with Crippen LogP contribution in [0.4, 0.5) is 10.2 Å². The number of nitrogen functional groups attached to an aromatic ring is 1. The van der Waals surface area contributed by atoms with Gasteiger partial charge in [0, 0.05) is 28.1 Å². The standard InChI is InChI=1S/C25H16ClFN10O2/c26-11-2-4-17(36-9-29-34-35-36)15(6-11)16-8-19(38)37-21(13-7-14(13)25(37)30-16)20-22(27)32-24(31-20)10-1-3-12-18(5-10)39-33-23(12)28/h1-6,8-9,13-14,21H,7H2,(H2,28,33)(H,31,32). The number of H-pyrrole nitrogens is 1. The van der Waals surface area contributed by atoms with Gasteiger partial charge in [0.1, 0.15) is 18.0 Å². The molecule has 8 rings (SSSR count). The van der Waals surface area contributed by atoms with Gasteiger partial charge in [-0.05, 0) is 53.1 Å². The molecule has 3 unspecified atom stereocenters. The zero-order valence-electron chi connectivity index (χ0n) is 19.8. The minimum absolute atomic E-state index is 0.0259. The van der Waals surface area contributed by atoms with Crippen LogP contribution in [0.25, 0.3) is 39.3 Å². The van der Waals surface area contributed by atoms with Crippen molar-refractivity contribution in [2.75, 3.05) is 5.73 Å². The Labute approximate surface area is 222 Å². The van der Waals surface area contributed by atoms with E-state index in [4.69, 9.17) is 26.8 Å². The molecule has 0 amide bonds. The molecule has 6 aromatic rings. The number of rotatable bonds is 4. The lowest BCUT2D eigenvalue weighted by molar-refractivity contribution is 0.460. The van der Waals surface area contributed by atoms with Crippen molar-refractivity contribution < 1.29 is 8.91 Å². The number of hydrogen-bond acceptors (Lipinski definition) is 9. The third kappa shape index (κ3) is 3.26. The second kappa shape index (κ2) is 7.80. The number of hydrogen-bond donors (Lipinski definition) is 2. The van der Waals surface area contributed by atoms with Crippen LogP contribution in [0, 0.1) is 11.9 Å². The van der Waals surface area contributed by atoms with Gasteiger partial charge in [-0.25, -0.2) is 9.97 Å². The molecule has 1 aliphatic heterocycles. The molecule has 3 N–H and O–H groups in total. The van der Waals surface area contributed by atoms with E-state index >= 15 is 4.39 Å². The van der Waals surface area contributed by atoms with Crippen LogP contribution < -0.4 is 11.3 Å². The highest BCUT2D eigenvalue weighted by Crippen LogP contribution is 2.60. The quantitative estimate of drug-likeness (QED) is 0.340. The Kier molecular flexibility index (Phi) is 4.42. The summed E-state index contributed by atoms with van der Waals surface area (Å²) in [5.41, 5.74) is 8.47. The maximum absolute atomic E-state index is 15.3. The molecule has 5 heterocycles. The Balaban J connectivity index is 1.22. The monoisotopic (exact) mass is 542 g/mol. The van der Waals surface area contributed by atoms with Gasteiger partial charge < -0.3 is 15.2 Å². The van der Waals surface area contributed by atoms with Gasteiger partial charge in [-0.1, -0.05) is 22.8 Å². The first-order chi connectivity index (χ1) is 19.0. The SMILES string of the molecule is Nc1noc2cc(-c3nc(F)c(C4C5CC5c5nc(-c6cc(Cl)ccc6-n6cnnn6)cc(=O)n54)[nH]3)ccc12. The average molecular weight is 543 g/mol. The van der Waals surface area contributed by atoms with E-state index in [2.05, 4.69) is 30.7 Å². The van der Waals surface area contributed by atoms with E-state index in [0.717, 1.165) is 6.42 Å². The van der Waals surface area contributed by atoms with Crippen molar-refractivity contribution >= 4 is 28.4 Å². The Morgan fingerprint density at radius 3 is 2.90 bits per heavy atom. The van der Waals surface area contributed by atoms with E-state index in [0.29, 0.717) is 50.1 Å². The third-order valence-corrected chi connectivity index (χ3v) is 7.65. The number of fused-ring (bicyclic) bond motifs is 4. The first-order valence-electron chi connectivity index (χ1n) is 12.0. The van der Waals surface area contributed by atoms with Crippen LogP contribution in [-0.2, 0) is 0 Å². The lowest BCUT2D eigenvalue weighted by Crippen LogP contribution is -2.27. The van der Waals surface area contributed by atoms with Crippen molar-refractivity contribution in [3.8, 4) is 28.3 Å². The summed E-state index contributed by atoms with van der Waals surface area (Å²) in [6.07, 6.45) is 2.24. The molecule has 0 spiro atoms. The van der Waals surface area contributed by atoms with Crippen LogP contribution in [0.1, 0.15) is 29.9 Å². The highest BCUT2D eigenvalue weighted by molar-refractivity contribution is 6.31. The Morgan fingerprint density at radius 1 is 1.15 bits per heavy atom. The van der Waals surface area contributed by atoms with Gasteiger partial charge >= 0.3 is 0 Å². The number of nitrogens with zero attached hydrogens (tertiary/aromatic N) is 8. The molecule has 14 heteroatoms.